The molecule has 152 valence electrons. The Bertz CT molecular complexity index is 1100. The molecule has 0 amide bonds. The highest BCUT2D eigenvalue weighted by molar-refractivity contribution is 6.30. The molecule has 1 saturated heterocycles. The largest absolute Gasteiger partial charge is 0.363 e. The van der Waals surface area contributed by atoms with Crippen LogP contribution in [0.25, 0.3) is 11.4 Å². The zero-order valence-electron chi connectivity index (χ0n) is 15.9. The number of nitro groups is 1. The van der Waals surface area contributed by atoms with Gasteiger partial charge in [-0.1, -0.05) is 16.8 Å². The van der Waals surface area contributed by atoms with E-state index in [9.17, 15) is 10.1 Å². The third-order valence-corrected chi connectivity index (χ3v) is 5.20. The summed E-state index contributed by atoms with van der Waals surface area (Å²) in [5.41, 5.74) is 1.70. The molecule has 0 saturated carbocycles. The first kappa shape index (κ1) is 19.8. The number of aromatic nitrogens is 2. The molecule has 4 rings (SSSR count). The van der Waals surface area contributed by atoms with Crippen molar-refractivity contribution in [1.82, 2.24) is 15.0 Å². The van der Waals surface area contributed by atoms with Crippen LogP contribution in [0.5, 0.6) is 0 Å². The molecule has 10 heteroatoms. The summed E-state index contributed by atoms with van der Waals surface area (Å²) in [4.78, 5) is 19.5. The second kappa shape index (κ2) is 8.49. The van der Waals surface area contributed by atoms with Gasteiger partial charge in [0.1, 0.15) is 5.69 Å². The highest BCUT2D eigenvalue weighted by atomic mass is 35.5. The van der Waals surface area contributed by atoms with Crippen LogP contribution in [0.4, 0.5) is 11.4 Å². The van der Waals surface area contributed by atoms with Crippen LogP contribution in [0, 0.1) is 21.4 Å². The molecule has 2 heterocycles. The zero-order valence-corrected chi connectivity index (χ0v) is 16.6. The van der Waals surface area contributed by atoms with Crippen molar-refractivity contribution in [1.29, 1.82) is 5.26 Å². The van der Waals surface area contributed by atoms with E-state index in [2.05, 4.69) is 15.0 Å². The molecule has 3 aromatic rings. The second-order valence-corrected chi connectivity index (χ2v) is 7.29. The van der Waals surface area contributed by atoms with Crippen molar-refractivity contribution < 1.29 is 9.45 Å². The predicted octanol–water partition coefficient (Wildman–Crippen LogP) is 3.49. The van der Waals surface area contributed by atoms with E-state index >= 15 is 0 Å². The zero-order chi connectivity index (χ0) is 21.1. The van der Waals surface area contributed by atoms with Gasteiger partial charge in [-0.3, -0.25) is 15.0 Å². The number of nitro benzene ring substituents is 1. The van der Waals surface area contributed by atoms with Gasteiger partial charge in [-0.2, -0.15) is 10.2 Å². The molecule has 0 aliphatic carbocycles. The Morgan fingerprint density at radius 2 is 1.90 bits per heavy atom. The third kappa shape index (κ3) is 4.25. The van der Waals surface area contributed by atoms with E-state index in [4.69, 9.17) is 21.4 Å². The van der Waals surface area contributed by atoms with Gasteiger partial charge in [0.05, 0.1) is 23.1 Å². The first-order valence-electron chi connectivity index (χ1n) is 9.28. The van der Waals surface area contributed by atoms with Gasteiger partial charge in [-0.25, -0.2) is 0 Å². The van der Waals surface area contributed by atoms with Crippen molar-refractivity contribution in [2.24, 2.45) is 0 Å². The van der Waals surface area contributed by atoms with Crippen LogP contribution in [0.2, 0.25) is 5.02 Å². The summed E-state index contributed by atoms with van der Waals surface area (Å²) in [5.74, 6) is 1.01. The lowest BCUT2D eigenvalue weighted by Crippen LogP contribution is -2.46. The van der Waals surface area contributed by atoms with Crippen molar-refractivity contribution in [3.05, 3.63) is 69.1 Å². The monoisotopic (exact) mass is 424 g/mol. The first-order chi connectivity index (χ1) is 14.5. The number of rotatable bonds is 5. The van der Waals surface area contributed by atoms with Crippen LogP contribution in [-0.2, 0) is 6.54 Å². The second-order valence-electron chi connectivity index (χ2n) is 6.85. The first-order valence-corrected chi connectivity index (χ1v) is 9.65. The Labute approximate surface area is 177 Å². The summed E-state index contributed by atoms with van der Waals surface area (Å²) in [6, 6.07) is 13.7. The molecule has 1 aliphatic rings. The summed E-state index contributed by atoms with van der Waals surface area (Å²) in [6.45, 7) is 3.02. The average molecular weight is 425 g/mol. The van der Waals surface area contributed by atoms with Crippen LogP contribution in [0.1, 0.15) is 11.5 Å². The van der Waals surface area contributed by atoms with Crippen molar-refractivity contribution in [3.63, 3.8) is 0 Å². The van der Waals surface area contributed by atoms with E-state index in [1.807, 2.05) is 23.1 Å². The van der Waals surface area contributed by atoms with Crippen LogP contribution in [-0.4, -0.2) is 46.1 Å². The Kier molecular flexibility index (Phi) is 5.61. The lowest BCUT2D eigenvalue weighted by atomic mass is 10.1. The Balaban J connectivity index is 1.41. The summed E-state index contributed by atoms with van der Waals surface area (Å²) >= 11 is 5.91. The Morgan fingerprint density at radius 1 is 1.17 bits per heavy atom. The normalized spacial score (nSPS) is 14.5. The molecule has 0 spiro atoms. The van der Waals surface area contributed by atoms with Gasteiger partial charge in [0, 0.05) is 42.8 Å². The average Bonchev–Trinajstić information content (AvgIpc) is 3.22. The van der Waals surface area contributed by atoms with Gasteiger partial charge < -0.3 is 9.42 Å². The molecule has 30 heavy (non-hydrogen) atoms. The molecular formula is C20H17ClN6O3. The number of nitrogens with zero attached hydrogens (tertiary/aromatic N) is 6. The molecule has 0 N–H and O–H groups in total. The molecule has 1 fully saturated rings. The van der Waals surface area contributed by atoms with E-state index in [0.29, 0.717) is 60.7 Å². The quantitative estimate of drug-likeness (QED) is 0.451. The number of anilines is 1. The number of piperazine rings is 1. The van der Waals surface area contributed by atoms with Gasteiger partial charge in [0.2, 0.25) is 11.7 Å². The van der Waals surface area contributed by atoms with Gasteiger partial charge in [-0.05, 0) is 36.4 Å². The Morgan fingerprint density at radius 3 is 2.57 bits per heavy atom. The minimum atomic E-state index is -0.417. The minimum Gasteiger partial charge on any atom is -0.363 e. The lowest BCUT2D eigenvalue weighted by molar-refractivity contribution is -0.384. The maximum Gasteiger partial charge on any atom is 0.292 e. The smallest absolute Gasteiger partial charge is 0.292 e. The standard InChI is InChI=1S/C20H17ClN6O3/c21-16-4-2-15(3-5-16)20-23-19(30-24-20)13-25-7-9-26(10-8-25)18-11-14(12-22)1-6-17(18)27(28)29/h1-6,11H,7-10,13H2. The Hall–Kier alpha value is -3.48. The van der Waals surface area contributed by atoms with Crippen molar-refractivity contribution in [3.8, 4) is 17.5 Å². The molecule has 1 aliphatic heterocycles. The van der Waals surface area contributed by atoms with E-state index in [0.717, 1.165) is 5.56 Å². The van der Waals surface area contributed by atoms with Gasteiger partial charge in [0.25, 0.3) is 5.69 Å². The van der Waals surface area contributed by atoms with E-state index in [1.165, 1.54) is 12.1 Å². The van der Waals surface area contributed by atoms with Crippen molar-refractivity contribution in [2.75, 3.05) is 31.1 Å². The molecular weight excluding hydrogens is 408 g/mol. The molecule has 0 radical (unpaired) electrons. The van der Waals surface area contributed by atoms with E-state index in [1.54, 1.807) is 18.2 Å². The van der Waals surface area contributed by atoms with Crippen molar-refractivity contribution >= 4 is 23.0 Å². The van der Waals surface area contributed by atoms with Crippen LogP contribution < -0.4 is 4.90 Å². The highest BCUT2D eigenvalue weighted by Gasteiger charge is 2.25. The number of hydrogen-bond donors (Lipinski definition) is 0. The summed E-state index contributed by atoms with van der Waals surface area (Å²) < 4.78 is 5.37. The van der Waals surface area contributed by atoms with E-state index < -0.39 is 4.92 Å². The summed E-state index contributed by atoms with van der Waals surface area (Å²) in [5, 5.41) is 25.1. The highest BCUT2D eigenvalue weighted by Crippen LogP contribution is 2.30. The molecule has 1 aromatic heterocycles. The van der Waals surface area contributed by atoms with Gasteiger partial charge in [-0.15, -0.1) is 0 Å². The third-order valence-electron chi connectivity index (χ3n) is 4.94. The molecule has 0 atom stereocenters. The predicted molar refractivity (Wildman–Crippen MR) is 110 cm³/mol. The summed E-state index contributed by atoms with van der Waals surface area (Å²) in [6.07, 6.45) is 0. The maximum absolute atomic E-state index is 11.4. The van der Waals surface area contributed by atoms with Gasteiger partial charge in [0.15, 0.2) is 0 Å². The number of hydrogen-bond acceptors (Lipinski definition) is 8. The minimum absolute atomic E-state index is 0.00644. The van der Waals surface area contributed by atoms with Crippen LogP contribution in [0.15, 0.2) is 47.0 Å². The molecule has 2 aromatic carbocycles. The van der Waals surface area contributed by atoms with E-state index in [-0.39, 0.29) is 5.69 Å². The molecule has 0 bridgehead atoms. The fourth-order valence-corrected chi connectivity index (χ4v) is 3.50. The number of nitriles is 1. The topological polar surface area (TPSA) is 112 Å². The molecule has 9 nitrogen and oxygen atoms in total. The SMILES string of the molecule is N#Cc1ccc([N+](=O)[O-])c(N2CCN(Cc3nc(-c4ccc(Cl)cc4)no3)CC2)c1. The molecule has 0 unspecified atom stereocenters. The number of halogens is 1. The van der Waals surface area contributed by atoms with Crippen LogP contribution in [0.3, 0.4) is 0 Å². The fraction of sp³-hybridized carbons (Fsp3) is 0.250. The van der Waals surface area contributed by atoms with Crippen LogP contribution >= 0.6 is 11.6 Å². The maximum atomic E-state index is 11.4. The number of benzene rings is 2. The summed E-state index contributed by atoms with van der Waals surface area (Å²) in [7, 11) is 0. The lowest BCUT2D eigenvalue weighted by Gasteiger charge is -2.35. The van der Waals surface area contributed by atoms with Crippen molar-refractivity contribution in [2.45, 2.75) is 6.54 Å². The fourth-order valence-electron chi connectivity index (χ4n) is 3.37. The van der Waals surface area contributed by atoms with Gasteiger partial charge >= 0.3 is 0 Å².